The minimum atomic E-state index is -0.570. The van der Waals surface area contributed by atoms with E-state index in [1.807, 2.05) is 39.4 Å². The van der Waals surface area contributed by atoms with Crippen LogP contribution in [0.4, 0.5) is 4.79 Å². The van der Waals surface area contributed by atoms with Gasteiger partial charge >= 0.3 is 6.09 Å². The Labute approximate surface area is 134 Å². The molecule has 1 fully saturated rings. The number of aromatic nitrogens is 1. The summed E-state index contributed by atoms with van der Waals surface area (Å²) in [5, 5.41) is 1.87. The molecule has 1 aromatic rings. The molecule has 0 radical (unpaired) electrons. The zero-order valence-corrected chi connectivity index (χ0v) is 14.4. The van der Waals surface area contributed by atoms with Gasteiger partial charge in [-0.2, -0.15) is 4.99 Å². The van der Waals surface area contributed by atoms with E-state index in [4.69, 9.17) is 4.74 Å². The van der Waals surface area contributed by atoms with Crippen molar-refractivity contribution in [3.63, 3.8) is 0 Å². The molecule has 0 spiro atoms. The fourth-order valence-corrected chi connectivity index (χ4v) is 3.07. The van der Waals surface area contributed by atoms with Crippen molar-refractivity contribution < 1.29 is 14.3 Å². The quantitative estimate of drug-likeness (QED) is 0.796. The SMILES string of the molecule is Cn1ccsc1=NC(=O)C1CCCCN1C(=O)OC(C)(C)C. The van der Waals surface area contributed by atoms with Crippen molar-refractivity contribution in [2.75, 3.05) is 6.54 Å². The zero-order valence-electron chi connectivity index (χ0n) is 13.5. The maximum atomic E-state index is 12.5. The lowest BCUT2D eigenvalue weighted by Gasteiger charge is -2.34. The summed E-state index contributed by atoms with van der Waals surface area (Å²) in [6, 6.07) is -0.523. The Morgan fingerprint density at radius 3 is 2.68 bits per heavy atom. The maximum absolute atomic E-state index is 12.5. The predicted octanol–water partition coefficient (Wildman–Crippen LogP) is 2.30. The molecule has 0 saturated carbocycles. The van der Waals surface area contributed by atoms with E-state index in [-0.39, 0.29) is 5.91 Å². The number of ether oxygens (including phenoxy) is 1. The van der Waals surface area contributed by atoms with Crippen LogP contribution in [0.3, 0.4) is 0 Å². The first-order chi connectivity index (χ1) is 10.3. The van der Waals surface area contributed by atoms with Gasteiger partial charge in [0.1, 0.15) is 11.6 Å². The number of carbonyl (C=O) groups is 2. The Kier molecular flexibility index (Phi) is 5.05. The molecule has 122 valence electrons. The number of amides is 2. The Balaban J connectivity index is 2.18. The van der Waals surface area contributed by atoms with Crippen molar-refractivity contribution in [1.82, 2.24) is 9.47 Å². The largest absolute Gasteiger partial charge is 0.444 e. The molecule has 0 bridgehead atoms. The summed E-state index contributed by atoms with van der Waals surface area (Å²) in [6.45, 7) is 6.00. The maximum Gasteiger partial charge on any atom is 0.410 e. The number of piperidine rings is 1. The molecule has 7 heteroatoms. The van der Waals surface area contributed by atoms with Gasteiger partial charge in [0.25, 0.3) is 5.91 Å². The second-order valence-electron chi connectivity index (χ2n) is 6.43. The van der Waals surface area contributed by atoms with E-state index in [2.05, 4.69) is 4.99 Å². The van der Waals surface area contributed by atoms with Gasteiger partial charge in [0, 0.05) is 25.2 Å². The molecule has 1 aliphatic heterocycles. The van der Waals surface area contributed by atoms with E-state index in [1.165, 1.54) is 16.2 Å². The first-order valence-corrected chi connectivity index (χ1v) is 8.34. The van der Waals surface area contributed by atoms with Gasteiger partial charge in [-0.05, 0) is 40.0 Å². The summed E-state index contributed by atoms with van der Waals surface area (Å²) in [4.78, 5) is 31.1. The first-order valence-electron chi connectivity index (χ1n) is 7.46. The van der Waals surface area contributed by atoms with E-state index < -0.39 is 17.7 Å². The third-order valence-electron chi connectivity index (χ3n) is 3.38. The number of carbonyl (C=O) groups excluding carboxylic acids is 2. The van der Waals surface area contributed by atoms with Crippen LogP contribution in [0.2, 0.25) is 0 Å². The molecule has 0 aliphatic carbocycles. The number of hydrogen-bond donors (Lipinski definition) is 0. The van der Waals surface area contributed by atoms with Gasteiger partial charge < -0.3 is 9.30 Å². The molecule has 1 saturated heterocycles. The van der Waals surface area contributed by atoms with Gasteiger partial charge in [0.05, 0.1) is 0 Å². The van der Waals surface area contributed by atoms with Crippen LogP contribution in [-0.2, 0) is 16.6 Å². The lowest BCUT2D eigenvalue weighted by Crippen LogP contribution is -2.49. The van der Waals surface area contributed by atoms with Gasteiger partial charge in [-0.15, -0.1) is 11.3 Å². The fraction of sp³-hybridized carbons (Fsp3) is 0.667. The smallest absolute Gasteiger partial charge is 0.410 e. The standard InChI is InChI=1S/C15H23N3O3S/c1-15(2,3)21-14(20)18-8-6-5-7-11(18)12(19)16-13-17(4)9-10-22-13/h9-11H,5-8H2,1-4H3. The topological polar surface area (TPSA) is 63.9 Å². The second kappa shape index (κ2) is 6.64. The number of rotatable bonds is 1. The van der Waals surface area contributed by atoms with Gasteiger partial charge in [-0.25, -0.2) is 4.79 Å². The molecule has 0 aromatic carbocycles. The van der Waals surface area contributed by atoms with Crippen LogP contribution in [0.25, 0.3) is 0 Å². The predicted molar refractivity (Wildman–Crippen MR) is 84.4 cm³/mol. The molecule has 22 heavy (non-hydrogen) atoms. The number of hydrogen-bond acceptors (Lipinski definition) is 4. The van der Waals surface area contributed by atoms with Crippen LogP contribution >= 0.6 is 11.3 Å². The first kappa shape index (κ1) is 16.7. The monoisotopic (exact) mass is 325 g/mol. The number of thiazole rings is 1. The van der Waals surface area contributed by atoms with E-state index in [0.29, 0.717) is 17.8 Å². The highest BCUT2D eigenvalue weighted by atomic mass is 32.1. The Morgan fingerprint density at radius 1 is 1.36 bits per heavy atom. The Hall–Kier alpha value is -1.63. The van der Waals surface area contributed by atoms with Crippen molar-refractivity contribution in [2.24, 2.45) is 12.0 Å². The van der Waals surface area contributed by atoms with Crippen LogP contribution in [0.15, 0.2) is 16.6 Å². The summed E-state index contributed by atoms with van der Waals surface area (Å²) < 4.78 is 7.20. The molecular formula is C15H23N3O3S. The molecule has 0 N–H and O–H groups in total. The normalized spacial score (nSPS) is 20.1. The highest BCUT2D eigenvalue weighted by molar-refractivity contribution is 7.07. The Bertz CT molecular complexity index is 612. The molecule has 2 rings (SSSR count). The molecule has 1 atom stereocenters. The summed E-state index contributed by atoms with van der Waals surface area (Å²) in [5.74, 6) is -0.274. The summed E-state index contributed by atoms with van der Waals surface area (Å²) in [7, 11) is 1.84. The van der Waals surface area contributed by atoms with Crippen molar-refractivity contribution in [3.05, 3.63) is 16.4 Å². The fourth-order valence-electron chi connectivity index (χ4n) is 2.33. The van der Waals surface area contributed by atoms with E-state index in [1.54, 1.807) is 4.57 Å². The summed E-state index contributed by atoms with van der Waals surface area (Å²) in [5.41, 5.74) is -0.570. The zero-order chi connectivity index (χ0) is 16.3. The van der Waals surface area contributed by atoms with Gasteiger partial charge in [-0.3, -0.25) is 9.69 Å². The van der Waals surface area contributed by atoms with Gasteiger partial charge in [0.2, 0.25) is 0 Å². The Morgan fingerprint density at radius 2 is 2.09 bits per heavy atom. The third-order valence-corrected chi connectivity index (χ3v) is 4.23. The minimum Gasteiger partial charge on any atom is -0.444 e. The third kappa shape index (κ3) is 4.19. The molecular weight excluding hydrogens is 302 g/mol. The lowest BCUT2D eigenvalue weighted by molar-refractivity contribution is -0.124. The molecule has 1 unspecified atom stereocenters. The lowest BCUT2D eigenvalue weighted by atomic mass is 10.0. The van der Waals surface area contributed by atoms with Gasteiger partial charge in [-0.1, -0.05) is 0 Å². The number of nitrogens with zero attached hydrogens (tertiary/aromatic N) is 3. The highest BCUT2D eigenvalue weighted by Crippen LogP contribution is 2.21. The van der Waals surface area contributed by atoms with Crippen molar-refractivity contribution in [2.45, 2.75) is 51.7 Å². The van der Waals surface area contributed by atoms with E-state index >= 15 is 0 Å². The summed E-state index contributed by atoms with van der Waals surface area (Å²) in [6.07, 6.45) is 3.86. The van der Waals surface area contributed by atoms with Crippen LogP contribution in [-0.4, -0.2) is 39.7 Å². The van der Waals surface area contributed by atoms with E-state index in [9.17, 15) is 9.59 Å². The molecule has 2 heterocycles. The number of aryl methyl sites for hydroxylation is 1. The van der Waals surface area contributed by atoms with Crippen molar-refractivity contribution in [3.8, 4) is 0 Å². The van der Waals surface area contributed by atoms with Crippen LogP contribution in [0.1, 0.15) is 40.0 Å². The second-order valence-corrected chi connectivity index (χ2v) is 7.30. The summed E-state index contributed by atoms with van der Waals surface area (Å²) >= 11 is 1.40. The average Bonchev–Trinajstić information content (AvgIpc) is 2.82. The molecule has 2 amide bonds. The van der Waals surface area contributed by atoms with E-state index in [0.717, 1.165) is 12.8 Å². The molecule has 6 nitrogen and oxygen atoms in total. The number of likely N-dealkylation sites (tertiary alicyclic amines) is 1. The van der Waals surface area contributed by atoms with Crippen LogP contribution < -0.4 is 4.80 Å². The highest BCUT2D eigenvalue weighted by Gasteiger charge is 2.34. The molecule has 1 aliphatic rings. The minimum absolute atomic E-state index is 0.274. The van der Waals surface area contributed by atoms with Crippen LogP contribution in [0, 0.1) is 0 Å². The van der Waals surface area contributed by atoms with Crippen molar-refractivity contribution in [1.29, 1.82) is 0 Å². The average molecular weight is 325 g/mol. The van der Waals surface area contributed by atoms with Gasteiger partial charge in [0.15, 0.2) is 4.80 Å². The van der Waals surface area contributed by atoms with Crippen molar-refractivity contribution >= 4 is 23.3 Å². The molecule has 1 aromatic heterocycles. The van der Waals surface area contributed by atoms with Crippen LogP contribution in [0.5, 0.6) is 0 Å².